The Morgan fingerprint density at radius 3 is 2.50 bits per heavy atom. The van der Waals surface area contributed by atoms with Gasteiger partial charge in [0.2, 0.25) is 5.91 Å². The maximum Gasteiger partial charge on any atom is 0.217 e. The quantitative estimate of drug-likeness (QED) is 0.597. The molecule has 82 valence electrons. The van der Waals surface area contributed by atoms with Crippen molar-refractivity contribution in [3.63, 3.8) is 0 Å². The van der Waals surface area contributed by atoms with Crippen LogP contribution >= 0.6 is 0 Å². The fourth-order valence-electron chi connectivity index (χ4n) is 1.85. The van der Waals surface area contributed by atoms with E-state index >= 15 is 0 Å². The highest BCUT2D eigenvalue weighted by atomic mass is 16.1. The third-order valence-electron chi connectivity index (χ3n) is 2.78. The minimum atomic E-state index is -0.189. The standard InChI is InChI=1S/C12H23NO/c1-4-6-9-12(3,8-5-2)10-7-11(13)14/h4H,1,5-10H2,2-3H3,(H2,13,14). The van der Waals surface area contributed by atoms with Gasteiger partial charge in [-0.15, -0.1) is 6.58 Å². The van der Waals surface area contributed by atoms with E-state index in [1.165, 1.54) is 0 Å². The molecule has 1 atom stereocenters. The molecule has 1 amide bonds. The zero-order valence-electron chi connectivity index (χ0n) is 9.51. The number of carbonyl (C=O) groups excluding carboxylic acids is 1. The maximum absolute atomic E-state index is 10.7. The number of nitrogens with two attached hydrogens (primary N) is 1. The van der Waals surface area contributed by atoms with Gasteiger partial charge in [0.1, 0.15) is 0 Å². The second kappa shape index (κ2) is 6.63. The van der Waals surface area contributed by atoms with E-state index < -0.39 is 0 Å². The number of primary amides is 1. The molecule has 0 aliphatic heterocycles. The SMILES string of the molecule is C=CCCC(C)(CCC)CCC(N)=O. The van der Waals surface area contributed by atoms with Gasteiger partial charge >= 0.3 is 0 Å². The summed E-state index contributed by atoms with van der Waals surface area (Å²) in [7, 11) is 0. The van der Waals surface area contributed by atoms with E-state index in [2.05, 4.69) is 20.4 Å². The third kappa shape index (κ3) is 5.79. The monoisotopic (exact) mass is 197 g/mol. The first-order valence-corrected chi connectivity index (χ1v) is 5.43. The Morgan fingerprint density at radius 1 is 1.43 bits per heavy atom. The largest absolute Gasteiger partial charge is 0.370 e. The van der Waals surface area contributed by atoms with Crippen LogP contribution in [0.2, 0.25) is 0 Å². The van der Waals surface area contributed by atoms with Gasteiger partial charge in [-0.1, -0.05) is 26.3 Å². The molecule has 0 fully saturated rings. The average molecular weight is 197 g/mol. The van der Waals surface area contributed by atoms with Gasteiger partial charge in [-0.05, 0) is 31.1 Å². The first-order chi connectivity index (χ1) is 6.54. The molecule has 14 heavy (non-hydrogen) atoms. The highest BCUT2D eigenvalue weighted by molar-refractivity contribution is 5.73. The summed E-state index contributed by atoms with van der Waals surface area (Å²) in [5, 5.41) is 0. The van der Waals surface area contributed by atoms with E-state index in [0.717, 1.165) is 32.1 Å². The molecular formula is C12H23NO. The normalized spacial score (nSPS) is 14.7. The fourth-order valence-corrected chi connectivity index (χ4v) is 1.85. The van der Waals surface area contributed by atoms with Crippen LogP contribution in [0.15, 0.2) is 12.7 Å². The van der Waals surface area contributed by atoms with Gasteiger partial charge in [-0.3, -0.25) is 4.79 Å². The van der Waals surface area contributed by atoms with E-state index in [1.54, 1.807) is 0 Å². The Kier molecular flexibility index (Phi) is 6.26. The summed E-state index contributed by atoms with van der Waals surface area (Å²) < 4.78 is 0. The lowest BCUT2D eigenvalue weighted by atomic mass is 9.77. The van der Waals surface area contributed by atoms with Crippen molar-refractivity contribution < 1.29 is 4.79 Å². The highest BCUT2D eigenvalue weighted by Crippen LogP contribution is 2.34. The molecule has 0 aliphatic rings. The summed E-state index contributed by atoms with van der Waals surface area (Å²) in [6.45, 7) is 8.14. The smallest absolute Gasteiger partial charge is 0.217 e. The lowest BCUT2D eigenvalue weighted by Crippen LogP contribution is -2.20. The highest BCUT2D eigenvalue weighted by Gasteiger charge is 2.22. The molecule has 2 N–H and O–H groups in total. The second-order valence-electron chi connectivity index (χ2n) is 4.35. The summed E-state index contributed by atoms with van der Waals surface area (Å²) in [6, 6.07) is 0. The Balaban J connectivity index is 4.07. The molecule has 0 radical (unpaired) electrons. The molecule has 0 saturated carbocycles. The van der Waals surface area contributed by atoms with Crippen LogP contribution in [0.5, 0.6) is 0 Å². The van der Waals surface area contributed by atoms with Crippen molar-refractivity contribution in [2.45, 2.75) is 52.4 Å². The Labute approximate surface area is 87.6 Å². The van der Waals surface area contributed by atoms with Crippen LogP contribution in [0, 0.1) is 5.41 Å². The Bertz CT molecular complexity index is 189. The summed E-state index contributed by atoms with van der Waals surface area (Å²) in [6.07, 6.45) is 7.81. The molecule has 0 aromatic carbocycles. The third-order valence-corrected chi connectivity index (χ3v) is 2.78. The fraction of sp³-hybridized carbons (Fsp3) is 0.750. The molecule has 0 saturated heterocycles. The lowest BCUT2D eigenvalue weighted by molar-refractivity contribution is -0.118. The van der Waals surface area contributed by atoms with Gasteiger partial charge in [0.15, 0.2) is 0 Å². The minimum Gasteiger partial charge on any atom is -0.370 e. The second-order valence-corrected chi connectivity index (χ2v) is 4.35. The van der Waals surface area contributed by atoms with Crippen molar-refractivity contribution in [3.05, 3.63) is 12.7 Å². The predicted octanol–water partition coefficient (Wildman–Crippen LogP) is 3.02. The van der Waals surface area contributed by atoms with Crippen LogP contribution in [0.1, 0.15) is 52.4 Å². The van der Waals surface area contributed by atoms with Crippen LogP contribution < -0.4 is 5.73 Å². The van der Waals surface area contributed by atoms with Gasteiger partial charge in [-0.25, -0.2) is 0 Å². The molecule has 0 spiro atoms. The number of allylic oxidation sites excluding steroid dienone is 1. The summed E-state index contributed by atoms with van der Waals surface area (Å²) >= 11 is 0. The molecular weight excluding hydrogens is 174 g/mol. The van der Waals surface area contributed by atoms with Crippen LogP contribution in [-0.4, -0.2) is 5.91 Å². The summed E-state index contributed by atoms with van der Waals surface area (Å²) in [5.41, 5.74) is 5.43. The number of amides is 1. The number of hydrogen-bond donors (Lipinski definition) is 1. The van der Waals surface area contributed by atoms with E-state index in [4.69, 9.17) is 5.73 Å². The summed E-state index contributed by atoms with van der Waals surface area (Å²) in [5.74, 6) is -0.189. The van der Waals surface area contributed by atoms with Crippen LogP contribution in [0.3, 0.4) is 0 Å². The first-order valence-electron chi connectivity index (χ1n) is 5.43. The van der Waals surface area contributed by atoms with E-state index in [0.29, 0.717) is 6.42 Å². The zero-order valence-corrected chi connectivity index (χ0v) is 9.51. The van der Waals surface area contributed by atoms with Gasteiger partial charge in [0.25, 0.3) is 0 Å². The molecule has 1 unspecified atom stereocenters. The average Bonchev–Trinajstić information content (AvgIpc) is 2.13. The lowest BCUT2D eigenvalue weighted by Gasteiger charge is -2.28. The van der Waals surface area contributed by atoms with Crippen molar-refractivity contribution in [1.29, 1.82) is 0 Å². The van der Waals surface area contributed by atoms with E-state index in [-0.39, 0.29) is 11.3 Å². The van der Waals surface area contributed by atoms with Gasteiger partial charge in [-0.2, -0.15) is 0 Å². The van der Waals surface area contributed by atoms with Crippen molar-refractivity contribution >= 4 is 5.91 Å². The topological polar surface area (TPSA) is 43.1 Å². The van der Waals surface area contributed by atoms with Crippen LogP contribution in [-0.2, 0) is 4.79 Å². The van der Waals surface area contributed by atoms with E-state index in [9.17, 15) is 4.79 Å². The Morgan fingerprint density at radius 2 is 2.07 bits per heavy atom. The van der Waals surface area contributed by atoms with Crippen molar-refractivity contribution in [2.75, 3.05) is 0 Å². The number of hydrogen-bond acceptors (Lipinski definition) is 1. The van der Waals surface area contributed by atoms with Gasteiger partial charge in [0, 0.05) is 6.42 Å². The molecule has 0 heterocycles. The van der Waals surface area contributed by atoms with Crippen molar-refractivity contribution in [2.24, 2.45) is 11.1 Å². The van der Waals surface area contributed by atoms with Crippen molar-refractivity contribution in [3.8, 4) is 0 Å². The Hall–Kier alpha value is -0.790. The minimum absolute atomic E-state index is 0.189. The van der Waals surface area contributed by atoms with Crippen LogP contribution in [0.25, 0.3) is 0 Å². The molecule has 2 nitrogen and oxygen atoms in total. The molecule has 0 aromatic heterocycles. The van der Waals surface area contributed by atoms with Crippen LogP contribution in [0.4, 0.5) is 0 Å². The number of rotatable bonds is 8. The molecule has 0 bridgehead atoms. The van der Waals surface area contributed by atoms with Gasteiger partial charge < -0.3 is 5.73 Å². The molecule has 0 rings (SSSR count). The molecule has 0 aliphatic carbocycles. The zero-order chi connectivity index (χ0) is 11.0. The predicted molar refractivity (Wildman–Crippen MR) is 60.9 cm³/mol. The first kappa shape index (κ1) is 13.2. The summed E-state index contributed by atoms with van der Waals surface area (Å²) in [4.78, 5) is 10.7. The molecule has 0 aromatic rings. The maximum atomic E-state index is 10.7. The number of carbonyl (C=O) groups is 1. The van der Waals surface area contributed by atoms with Gasteiger partial charge in [0.05, 0.1) is 0 Å². The van der Waals surface area contributed by atoms with Crippen molar-refractivity contribution in [1.82, 2.24) is 0 Å². The molecule has 2 heteroatoms. The van der Waals surface area contributed by atoms with E-state index in [1.807, 2.05) is 6.08 Å².